The number of halogens is 3. The van der Waals surface area contributed by atoms with Crippen LogP contribution in [-0.4, -0.2) is 63.1 Å². The van der Waals surface area contributed by atoms with Gasteiger partial charge in [-0.1, -0.05) is 12.1 Å². The number of carbonyl (C=O) groups is 2. The first-order valence-corrected chi connectivity index (χ1v) is 11.6. The number of hydrogen-bond acceptors (Lipinski definition) is 5. The Morgan fingerprint density at radius 2 is 1.83 bits per heavy atom. The zero-order valence-corrected chi connectivity index (χ0v) is 19.8. The van der Waals surface area contributed by atoms with Crippen molar-refractivity contribution in [3.05, 3.63) is 48.0 Å². The molecule has 2 aliphatic heterocycles. The van der Waals surface area contributed by atoms with Gasteiger partial charge in [0.25, 0.3) is 0 Å². The lowest BCUT2D eigenvalue weighted by atomic mass is 10.1. The third-order valence-electron chi connectivity index (χ3n) is 6.39. The minimum atomic E-state index is -4.64. The maximum absolute atomic E-state index is 13.9. The second-order valence-corrected chi connectivity index (χ2v) is 8.81. The van der Waals surface area contributed by atoms with Gasteiger partial charge in [-0.2, -0.15) is 13.2 Å². The number of likely N-dealkylation sites (N-methyl/N-ethyl adjacent to an activating group) is 1. The molecule has 4 rings (SSSR count). The van der Waals surface area contributed by atoms with Crippen LogP contribution in [0, 0.1) is 5.92 Å². The normalized spacial score (nSPS) is 19.2. The Balaban J connectivity index is 1.51. The van der Waals surface area contributed by atoms with E-state index in [0.29, 0.717) is 36.8 Å². The molecule has 0 spiro atoms. The van der Waals surface area contributed by atoms with Crippen molar-refractivity contribution >= 4 is 28.9 Å². The van der Waals surface area contributed by atoms with Crippen molar-refractivity contribution in [2.24, 2.45) is 5.92 Å². The fourth-order valence-corrected chi connectivity index (χ4v) is 4.45. The number of benzene rings is 2. The van der Waals surface area contributed by atoms with E-state index in [1.54, 1.807) is 30.3 Å². The molecule has 1 unspecified atom stereocenters. The molecule has 0 saturated carbocycles. The summed E-state index contributed by atoms with van der Waals surface area (Å²) in [6.07, 6.45) is -4.73. The lowest BCUT2D eigenvalue weighted by Gasteiger charge is -2.34. The summed E-state index contributed by atoms with van der Waals surface area (Å²) < 4.78 is 47.3. The number of nitrogens with one attached hydrogen (secondary N) is 1. The van der Waals surface area contributed by atoms with Crippen molar-refractivity contribution in [3.63, 3.8) is 0 Å². The molecule has 2 aliphatic rings. The molecule has 2 saturated heterocycles. The first-order valence-electron chi connectivity index (χ1n) is 11.6. The fraction of sp³-hybridized carbons (Fsp3) is 0.440. The van der Waals surface area contributed by atoms with E-state index in [4.69, 9.17) is 4.74 Å². The minimum Gasteiger partial charge on any atom is -0.492 e. The fourth-order valence-electron chi connectivity index (χ4n) is 4.45. The molecule has 2 fully saturated rings. The topological polar surface area (TPSA) is 65.1 Å². The zero-order chi connectivity index (χ0) is 25.2. The number of nitrogens with zero attached hydrogens (tertiary/aromatic N) is 3. The van der Waals surface area contributed by atoms with Gasteiger partial charge in [0.2, 0.25) is 11.8 Å². The van der Waals surface area contributed by atoms with E-state index in [0.717, 1.165) is 19.2 Å². The highest BCUT2D eigenvalue weighted by molar-refractivity contribution is 6.04. The third-order valence-corrected chi connectivity index (χ3v) is 6.39. The Hall–Kier alpha value is -3.27. The van der Waals surface area contributed by atoms with E-state index in [1.165, 1.54) is 11.0 Å². The molecule has 188 valence electrons. The predicted molar refractivity (Wildman–Crippen MR) is 128 cm³/mol. The average molecular weight is 491 g/mol. The van der Waals surface area contributed by atoms with Gasteiger partial charge in [-0.3, -0.25) is 9.59 Å². The van der Waals surface area contributed by atoms with Crippen molar-refractivity contribution < 1.29 is 27.5 Å². The Labute approximate surface area is 202 Å². The van der Waals surface area contributed by atoms with Crippen LogP contribution in [0.2, 0.25) is 0 Å². The highest BCUT2D eigenvalue weighted by Gasteiger charge is 2.39. The Morgan fingerprint density at radius 3 is 2.51 bits per heavy atom. The summed E-state index contributed by atoms with van der Waals surface area (Å²) >= 11 is 0. The standard InChI is InChI=1S/C25H29F3N4O3/c1-3-35-22-7-5-4-6-21(22)32-16-17(14-23(32)33)24(34)29-20-9-8-18(15-19(20)25(26,27)28)31-12-10-30(2)11-13-31/h4-9,15,17H,3,10-14,16H2,1-2H3,(H,29,34). The Kier molecular flexibility index (Phi) is 7.20. The maximum atomic E-state index is 13.9. The van der Waals surface area contributed by atoms with Crippen LogP contribution in [0.15, 0.2) is 42.5 Å². The second-order valence-electron chi connectivity index (χ2n) is 8.81. The van der Waals surface area contributed by atoms with E-state index in [-0.39, 0.29) is 24.6 Å². The highest BCUT2D eigenvalue weighted by atomic mass is 19.4. The lowest BCUT2D eigenvalue weighted by molar-refractivity contribution is -0.137. The largest absolute Gasteiger partial charge is 0.492 e. The van der Waals surface area contributed by atoms with Crippen molar-refractivity contribution in [2.45, 2.75) is 19.5 Å². The molecule has 2 heterocycles. The number of anilines is 3. The monoisotopic (exact) mass is 490 g/mol. The van der Waals surface area contributed by atoms with Gasteiger partial charge in [0.05, 0.1) is 29.5 Å². The summed E-state index contributed by atoms with van der Waals surface area (Å²) in [5.74, 6) is -1.16. The summed E-state index contributed by atoms with van der Waals surface area (Å²) in [6, 6.07) is 11.0. The lowest BCUT2D eigenvalue weighted by Crippen LogP contribution is -2.44. The second kappa shape index (κ2) is 10.2. The number of piperazine rings is 1. The van der Waals surface area contributed by atoms with Crippen molar-refractivity contribution in [3.8, 4) is 5.75 Å². The minimum absolute atomic E-state index is 0.0650. The molecule has 0 bridgehead atoms. The van der Waals surface area contributed by atoms with E-state index in [9.17, 15) is 22.8 Å². The number of ether oxygens (including phenoxy) is 1. The smallest absolute Gasteiger partial charge is 0.418 e. The molecule has 10 heteroatoms. The summed E-state index contributed by atoms with van der Waals surface area (Å²) in [7, 11) is 1.97. The average Bonchev–Trinajstić information content (AvgIpc) is 3.21. The van der Waals surface area contributed by atoms with Gasteiger partial charge < -0.3 is 24.8 Å². The zero-order valence-electron chi connectivity index (χ0n) is 19.8. The molecule has 0 aliphatic carbocycles. The van der Waals surface area contributed by atoms with Crippen LogP contribution in [-0.2, 0) is 15.8 Å². The van der Waals surface area contributed by atoms with Crippen LogP contribution in [0.3, 0.4) is 0 Å². The summed E-state index contributed by atoms with van der Waals surface area (Å²) in [6.45, 7) is 5.08. The van der Waals surface area contributed by atoms with Gasteiger partial charge in [0.15, 0.2) is 0 Å². The third kappa shape index (κ3) is 5.53. The Bertz CT molecular complexity index is 1080. The first kappa shape index (κ1) is 24.8. The van der Waals surface area contributed by atoms with Crippen molar-refractivity contribution in [1.29, 1.82) is 0 Å². The van der Waals surface area contributed by atoms with Crippen LogP contribution in [0.1, 0.15) is 18.9 Å². The Morgan fingerprint density at radius 1 is 1.11 bits per heavy atom. The number of para-hydroxylation sites is 2. The molecule has 0 radical (unpaired) electrons. The summed E-state index contributed by atoms with van der Waals surface area (Å²) in [5, 5.41) is 2.43. The molecule has 0 aromatic heterocycles. The molecule has 1 N–H and O–H groups in total. The molecule has 1 atom stereocenters. The van der Waals surface area contributed by atoms with Crippen LogP contribution >= 0.6 is 0 Å². The predicted octanol–water partition coefficient (Wildman–Crippen LogP) is 3.85. The van der Waals surface area contributed by atoms with E-state index < -0.39 is 23.6 Å². The quantitative estimate of drug-likeness (QED) is 0.667. The van der Waals surface area contributed by atoms with Crippen molar-refractivity contribution in [1.82, 2.24) is 4.90 Å². The van der Waals surface area contributed by atoms with Crippen LogP contribution in [0.5, 0.6) is 5.75 Å². The summed E-state index contributed by atoms with van der Waals surface area (Å²) in [5.41, 5.74) is -0.188. The molecule has 7 nitrogen and oxygen atoms in total. The van der Waals surface area contributed by atoms with Gasteiger partial charge in [0, 0.05) is 44.8 Å². The SMILES string of the molecule is CCOc1ccccc1N1CC(C(=O)Nc2ccc(N3CCN(C)CC3)cc2C(F)(F)F)CC1=O. The van der Waals surface area contributed by atoms with E-state index in [2.05, 4.69) is 10.2 Å². The number of hydrogen-bond donors (Lipinski definition) is 1. The molecular weight excluding hydrogens is 461 g/mol. The highest BCUT2D eigenvalue weighted by Crippen LogP contribution is 2.38. The number of carbonyl (C=O) groups excluding carboxylic acids is 2. The van der Waals surface area contributed by atoms with E-state index >= 15 is 0 Å². The molecular formula is C25H29F3N4O3. The first-order chi connectivity index (χ1) is 16.7. The number of alkyl halides is 3. The molecule has 35 heavy (non-hydrogen) atoms. The van der Waals surface area contributed by atoms with Gasteiger partial charge in [-0.15, -0.1) is 0 Å². The van der Waals surface area contributed by atoms with Crippen LogP contribution < -0.4 is 19.9 Å². The van der Waals surface area contributed by atoms with Gasteiger partial charge in [0.1, 0.15) is 5.75 Å². The van der Waals surface area contributed by atoms with Crippen LogP contribution in [0.25, 0.3) is 0 Å². The molecule has 2 aromatic rings. The maximum Gasteiger partial charge on any atom is 0.418 e. The van der Waals surface area contributed by atoms with Gasteiger partial charge in [-0.25, -0.2) is 0 Å². The number of amides is 2. The van der Waals surface area contributed by atoms with Gasteiger partial charge in [-0.05, 0) is 44.3 Å². The summed E-state index contributed by atoms with van der Waals surface area (Å²) in [4.78, 5) is 31.1. The van der Waals surface area contributed by atoms with E-state index in [1.807, 2.05) is 18.9 Å². The molecule has 2 aromatic carbocycles. The van der Waals surface area contributed by atoms with Gasteiger partial charge >= 0.3 is 6.18 Å². The number of rotatable bonds is 6. The molecule has 2 amide bonds. The van der Waals surface area contributed by atoms with Crippen LogP contribution in [0.4, 0.5) is 30.2 Å². The van der Waals surface area contributed by atoms with Crippen molar-refractivity contribution in [2.75, 3.05) is 61.5 Å².